The predicted molar refractivity (Wildman–Crippen MR) is 78.3 cm³/mol. The molecule has 0 heterocycles. The summed E-state index contributed by atoms with van der Waals surface area (Å²) < 4.78 is 13.1. The average Bonchev–Trinajstić information content (AvgIpc) is 2.45. The molecule has 0 spiro atoms. The van der Waals surface area contributed by atoms with Gasteiger partial charge in [-0.15, -0.1) is 0 Å². The summed E-state index contributed by atoms with van der Waals surface area (Å²) in [5, 5.41) is 0.155. The Kier molecular flexibility index (Phi) is 5.00. The molecule has 1 amide bonds. The molecule has 0 radical (unpaired) electrons. The number of carbonyl (C=O) groups excluding carboxylic acids is 1. The monoisotopic (exact) mass is 298 g/mol. The molecule has 20 heavy (non-hydrogen) atoms. The first-order valence-electron chi connectivity index (χ1n) is 6.97. The summed E-state index contributed by atoms with van der Waals surface area (Å²) in [7, 11) is 1.78. The van der Waals surface area contributed by atoms with Crippen molar-refractivity contribution in [2.24, 2.45) is 11.7 Å². The molecule has 2 N–H and O–H groups in total. The molecular weight excluding hydrogens is 279 g/mol. The molecule has 2 rings (SSSR count). The Labute approximate surface area is 123 Å². The second kappa shape index (κ2) is 6.55. The molecule has 0 aromatic heterocycles. The SMILES string of the molecule is CN(C(=O)c1ccc(F)cc1Cl)C1CCCCC1CN. The van der Waals surface area contributed by atoms with Crippen molar-refractivity contribution in [1.29, 1.82) is 0 Å². The van der Waals surface area contributed by atoms with Crippen LogP contribution in [-0.4, -0.2) is 30.4 Å². The van der Waals surface area contributed by atoms with Crippen LogP contribution in [-0.2, 0) is 0 Å². The highest BCUT2D eigenvalue weighted by molar-refractivity contribution is 6.33. The minimum Gasteiger partial charge on any atom is -0.338 e. The lowest BCUT2D eigenvalue weighted by molar-refractivity contribution is 0.0620. The first-order valence-corrected chi connectivity index (χ1v) is 7.34. The molecule has 110 valence electrons. The summed E-state index contributed by atoms with van der Waals surface area (Å²) >= 11 is 5.97. The van der Waals surface area contributed by atoms with Crippen LogP contribution in [0, 0.1) is 11.7 Å². The van der Waals surface area contributed by atoms with E-state index in [1.165, 1.54) is 18.2 Å². The molecule has 1 aromatic carbocycles. The minimum atomic E-state index is -0.438. The fourth-order valence-corrected chi connectivity index (χ4v) is 3.22. The zero-order valence-electron chi connectivity index (χ0n) is 11.6. The second-order valence-electron chi connectivity index (χ2n) is 5.39. The molecule has 0 aliphatic heterocycles. The van der Waals surface area contributed by atoms with Crippen LogP contribution in [0.15, 0.2) is 18.2 Å². The first-order chi connectivity index (χ1) is 9.54. The summed E-state index contributed by atoms with van der Waals surface area (Å²) in [6.07, 6.45) is 4.28. The van der Waals surface area contributed by atoms with Crippen LogP contribution in [0.2, 0.25) is 5.02 Å². The van der Waals surface area contributed by atoms with Crippen molar-refractivity contribution >= 4 is 17.5 Å². The normalized spacial score (nSPS) is 22.6. The van der Waals surface area contributed by atoms with Crippen molar-refractivity contribution in [1.82, 2.24) is 4.90 Å². The van der Waals surface area contributed by atoms with E-state index in [1.807, 2.05) is 0 Å². The lowest BCUT2D eigenvalue weighted by Gasteiger charge is -2.37. The van der Waals surface area contributed by atoms with Gasteiger partial charge in [-0.05, 0) is 43.5 Å². The summed E-state index contributed by atoms with van der Waals surface area (Å²) in [5.74, 6) is -0.274. The Morgan fingerprint density at radius 3 is 2.80 bits per heavy atom. The van der Waals surface area contributed by atoms with Gasteiger partial charge in [0, 0.05) is 13.1 Å². The van der Waals surface area contributed by atoms with E-state index in [0.29, 0.717) is 18.0 Å². The number of hydrogen-bond acceptors (Lipinski definition) is 2. The highest BCUT2D eigenvalue weighted by Crippen LogP contribution is 2.29. The third-order valence-corrected chi connectivity index (χ3v) is 4.46. The van der Waals surface area contributed by atoms with Gasteiger partial charge in [-0.1, -0.05) is 24.4 Å². The van der Waals surface area contributed by atoms with Gasteiger partial charge in [0.1, 0.15) is 5.82 Å². The van der Waals surface area contributed by atoms with Gasteiger partial charge in [0.15, 0.2) is 0 Å². The number of hydrogen-bond donors (Lipinski definition) is 1. The van der Waals surface area contributed by atoms with Gasteiger partial charge in [0.2, 0.25) is 0 Å². The number of nitrogens with two attached hydrogens (primary N) is 1. The highest BCUT2D eigenvalue weighted by Gasteiger charge is 2.30. The van der Waals surface area contributed by atoms with Crippen LogP contribution in [0.4, 0.5) is 4.39 Å². The summed E-state index contributed by atoms with van der Waals surface area (Å²) in [4.78, 5) is 14.2. The topological polar surface area (TPSA) is 46.3 Å². The average molecular weight is 299 g/mol. The lowest BCUT2D eigenvalue weighted by Crippen LogP contribution is -2.46. The number of halogens is 2. The van der Waals surface area contributed by atoms with Gasteiger partial charge in [0.25, 0.3) is 5.91 Å². The van der Waals surface area contributed by atoms with E-state index >= 15 is 0 Å². The smallest absolute Gasteiger partial charge is 0.255 e. The molecule has 0 saturated heterocycles. The molecular formula is C15H20ClFN2O. The maximum absolute atomic E-state index is 13.1. The van der Waals surface area contributed by atoms with Crippen molar-refractivity contribution in [2.75, 3.05) is 13.6 Å². The third kappa shape index (κ3) is 3.13. The second-order valence-corrected chi connectivity index (χ2v) is 5.80. The largest absolute Gasteiger partial charge is 0.338 e. The molecule has 2 unspecified atom stereocenters. The molecule has 0 bridgehead atoms. The maximum atomic E-state index is 13.1. The van der Waals surface area contributed by atoms with Crippen molar-refractivity contribution in [3.63, 3.8) is 0 Å². The zero-order chi connectivity index (χ0) is 14.7. The molecule has 1 fully saturated rings. The van der Waals surface area contributed by atoms with Crippen LogP contribution in [0.1, 0.15) is 36.0 Å². The van der Waals surface area contributed by atoms with E-state index in [4.69, 9.17) is 17.3 Å². The van der Waals surface area contributed by atoms with Crippen molar-refractivity contribution < 1.29 is 9.18 Å². The molecule has 2 atom stereocenters. The summed E-state index contributed by atoms with van der Waals surface area (Å²) in [6.45, 7) is 0.583. The molecule has 1 saturated carbocycles. The van der Waals surface area contributed by atoms with Gasteiger partial charge >= 0.3 is 0 Å². The van der Waals surface area contributed by atoms with E-state index in [-0.39, 0.29) is 17.0 Å². The molecule has 5 heteroatoms. The molecule has 1 aliphatic carbocycles. The van der Waals surface area contributed by atoms with Crippen LogP contribution in [0.25, 0.3) is 0 Å². The van der Waals surface area contributed by atoms with E-state index in [0.717, 1.165) is 25.7 Å². The Bertz CT molecular complexity index is 495. The maximum Gasteiger partial charge on any atom is 0.255 e. The van der Waals surface area contributed by atoms with E-state index in [2.05, 4.69) is 0 Å². The fourth-order valence-electron chi connectivity index (χ4n) is 2.98. The van der Waals surface area contributed by atoms with Crippen LogP contribution in [0.5, 0.6) is 0 Å². The molecule has 3 nitrogen and oxygen atoms in total. The quantitative estimate of drug-likeness (QED) is 0.932. The molecule has 1 aromatic rings. The Hall–Kier alpha value is -1.13. The fraction of sp³-hybridized carbons (Fsp3) is 0.533. The Morgan fingerprint density at radius 2 is 2.15 bits per heavy atom. The zero-order valence-corrected chi connectivity index (χ0v) is 12.4. The molecule has 1 aliphatic rings. The standard InChI is InChI=1S/C15H20ClFN2O/c1-19(14-5-3-2-4-10(14)9-18)15(20)12-7-6-11(17)8-13(12)16/h6-8,10,14H,2-5,9,18H2,1H3. The Morgan fingerprint density at radius 1 is 1.45 bits per heavy atom. The van der Waals surface area contributed by atoms with Gasteiger partial charge in [-0.3, -0.25) is 4.79 Å². The van der Waals surface area contributed by atoms with Crippen molar-refractivity contribution in [3.05, 3.63) is 34.6 Å². The van der Waals surface area contributed by atoms with Crippen molar-refractivity contribution in [2.45, 2.75) is 31.7 Å². The summed E-state index contributed by atoms with van der Waals surface area (Å²) in [6, 6.07) is 4.01. The Balaban J connectivity index is 2.18. The number of nitrogens with zero attached hydrogens (tertiary/aromatic N) is 1. The van der Waals surface area contributed by atoms with Gasteiger partial charge in [-0.2, -0.15) is 0 Å². The lowest BCUT2D eigenvalue weighted by atomic mass is 9.83. The van der Waals surface area contributed by atoms with Crippen LogP contribution >= 0.6 is 11.6 Å². The predicted octanol–water partition coefficient (Wildman–Crippen LogP) is 3.07. The van der Waals surface area contributed by atoms with Crippen molar-refractivity contribution in [3.8, 4) is 0 Å². The van der Waals surface area contributed by atoms with Gasteiger partial charge < -0.3 is 10.6 Å². The summed E-state index contributed by atoms with van der Waals surface area (Å²) in [5.41, 5.74) is 6.15. The highest BCUT2D eigenvalue weighted by atomic mass is 35.5. The van der Waals surface area contributed by atoms with E-state index in [1.54, 1.807) is 11.9 Å². The van der Waals surface area contributed by atoms with Gasteiger partial charge in [0.05, 0.1) is 10.6 Å². The van der Waals surface area contributed by atoms with E-state index in [9.17, 15) is 9.18 Å². The van der Waals surface area contributed by atoms with E-state index < -0.39 is 5.82 Å². The number of benzene rings is 1. The number of carbonyl (C=O) groups is 1. The minimum absolute atomic E-state index is 0.141. The first kappa shape index (κ1) is 15.3. The third-order valence-electron chi connectivity index (χ3n) is 4.15. The van der Waals surface area contributed by atoms with Gasteiger partial charge in [-0.25, -0.2) is 4.39 Å². The number of amides is 1. The number of rotatable bonds is 3. The van der Waals surface area contributed by atoms with Crippen LogP contribution < -0.4 is 5.73 Å². The van der Waals surface area contributed by atoms with Crippen LogP contribution in [0.3, 0.4) is 0 Å².